The van der Waals surface area contributed by atoms with Crippen molar-refractivity contribution in [3.05, 3.63) is 24.0 Å². The van der Waals surface area contributed by atoms with Gasteiger partial charge in [-0.3, -0.25) is 9.88 Å². The van der Waals surface area contributed by atoms with E-state index in [-0.39, 0.29) is 0 Å². The number of nitrogens with zero attached hydrogens (tertiary/aromatic N) is 2. The average Bonchev–Trinajstić information content (AvgIpc) is 2.90. The summed E-state index contributed by atoms with van der Waals surface area (Å²) in [6, 6.07) is 4.39. The minimum absolute atomic E-state index is 0.339. The van der Waals surface area contributed by atoms with Crippen LogP contribution in [0.5, 0.6) is 0 Å². The van der Waals surface area contributed by atoms with Gasteiger partial charge in [0.25, 0.3) is 0 Å². The van der Waals surface area contributed by atoms with Crippen LogP contribution in [0.3, 0.4) is 0 Å². The van der Waals surface area contributed by atoms with Gasteiger partial charge in [0.1, 0.15) is 4.99 Å². The first-order valence-corrected chi connectivity index (χ1v) is 6.81. The summed E-state index contributed by atoms with van der Waals surface area (Å²) in [5.74, 6) is 0. The normalized spacial score (nSPS) is 17.6. The Morgan fingerprint density at radius 2 is 2.28 bits per heavy atom. The van der Waals surface area contributed by atoms with E-state index in [1.54, 1.807) is 6.20 Å². The zero-order valence-electron chi connectivity index (χ0n) is 10.7. The molecule has 1 aromatic rings. The van der Waals surface area contributed by atoms with E-state index in [2.05, 4.69) is 22.1 Å². The van der Waals surface area contributed by atoms with Crippen molar-refractivity contribution in [3.8, 4) is 0 Å². The Morgan fingerprint density at radius 3 is 2.94 bits per heavy atom. The van der Waals surface area contributed by atoms with Crippen molar-refractivity contribution in [2.45, 2.75) is 25.8 Å². The SMILES string of the molecule is CC(CNc1ccnc(C(N)=S)c1)N1CCCC1. The molecule has 98 valence electrons. The van der Waals surface area contributed by atoms with E-state index < -0.39 is 0 Å². The Kier molecular flexibility index (Phi) is 4.49. The van der Waals surface area contributed by atoms with E-state index in [9.17, 15) is 0 Å². The molecule has 4 nitrogen and oxygen atoms in total. The van der Waals surface area contributed by atoms with Crippen molar-refractivity contribution in [3.63, 3.8) is 0 Å². The van der Waals surface area contributed by atoms with Crippen molar-refractivity contribution < 1.29 is 0 Å². The van der Waals surface area contributed by atoms with E-state index in [1.165, 1.54) is 25.9 Å². The lowest BCUT2D eigenvalue weighted by molar-refractivity contribution is 0.269. The highest BCUT2D eigenvalue weighted by Crippen LogP contribution is 2.13. The van der Waals surface area contributed by atoms with Gasteiger partial charge >= 0.3 is 0 Å². The number of nitrogens with one attached hydrogen (secondary N) is 1. The monoisotopic (exact) mass is 264 g/mol. The van der Waals surface area contributed by atoms with Crippen LogP contribution in [0.4, 0.5) is 5.69 Å². The van der Waals surface area contributed by atoms with Crippen LogP contribution < -0.4 is 11.1 Å². The topological polar surface area (TPSA) is 54.2 Å². The molecule has 0 saturated carbocycles. The van der Waals surface area contributed by atoms with E-state index in [4.69, 9.17) is 18.0 Å². The third kappa shape index (κ3) is 3.40. The highest BCUT2D eigenvalue weighted by Gasteiger charge is 2.17. The third-order valence-corrected chi connectivity index (χ3v) is 3.59. The van der Waals surface area contributed by atoms with E-state index in [0.717, 1.165) is 12.2 Å². The van der Waals surface area contributed by atoms with Gasteiger partial charge in [0.05, 0.1) is 5.69 Å². The number of thiocarbonyl (C=S) groups is 1. The van der Waals surface area contributed by atoms with Crippen LogP contribution in [0, 0.1) is 0 Å². The summed E-state index contributed by atoms with van der Waals surface area (Å²) >= 11 is 4.92. The first kappa shape index (κ1) is 13.2. The second kappa shape index (κ2) is 6.11. The summed E-state index contributed by atoms with van der Waals surface area (Å²) in [7, 11) is 0. The molecule has 0 aromatic carbocycles. The molecule has 3 N–H and O–H groups in total. The molecule has 1 fully saturated rings. The van der Waals surface area contributed by atoms with Gasteiger partial charge < -0.3 is 11.1 Å². The fraction of sp³-hybridized carbons (Fsp3) is 0.538. The lowest BCUT2D eigenvalue weighted by atomic mass is 10.2. The van der Waals surface area contributed by atoms with Gasteiger partial charge in [-0.2, -0.15) is 0 Å². The Balaban J connectivity index is 1.89. The Labute approximate surface area is 114 Å². The lowest BCUT2D eigenvalue weighted by Gasteiger charge is -2.24. The predicted molar refractivity (Wildman–Crippen MR) is 78.9 cm³/mol. The quantitative estimate of drug-likeness (QED) is 0.791. The number of nitrogens with two attached hydrogens (primary N) is 1. The van der Waals surface area contributed by atoms with Crippen molar-refractivity contribution >= 4 is 22.9 Å². The van der Waals surface area contributed by atoms with Crippen LogP contribution in [-0.4, -0.2) is 40.5 Å². The largest absolute Gasteiger partial charge is 0.388 e. The highest BCUT2D eigenvalue weighted by molar-refractivity contribution is 7.80. The molecule has 18 heavy (non-hydrogen) atoms. The molecule has 0 spiro atoms. The molecule has 1 aromatic heterocycles. The van der Waals surface area contributed by atoms with Crippen molar-refractivity contribution in [1.82, 2.24) is 9.88 Å². The molecule has 0 aliphatic carbocycles. The molecule has 1 aliphatic rings. The van der Waals surface area contributed by atoms with Crippen LogP contribution >= 0.6 is 12.2 Å². The van der Waals surface area contributed by atoms with E-state index in [0.29, 0.717) is 16.7 Å². The first-order chi connectivity index (χ1) is 8.66. The van der Waals surface area contributed by atoms with Gasteiger partial charge in [-0.05, 0) is 45.0 Å². The summed E-state index contributed by atoms with van der Waals surface area (Å²) < 4.78 is 0. The van der Waals surface area contributed by atoms with Gasteiger partial charge in [-0.1, -0.05) is 12.2 Å². The summed E-state index contributed by atoms with van der Waals surface area (Å²) in [4.78, 5) is 6.98. The smallest absolute Gasteiger partial charge is 0.122 e. The molecule has 2 heterocycles. The minimum atomic E-state index is 0.339. The number of hydrogen-bond acceptors (Lipinski definition) is 4. The highest BCUT2D eigenvalue weighted by atomic mass is 32.1. The Morgan fingerprint density at radius 1 is 1.56 bits per heavy atom. The third-order valence-electron chi connectivity index (χ3n) is 3.38. The van der Waals surface area contributed by atoms with Crippen LogP contribution in [0.25, 0.3) is 0 Å². The number of hydrogen-bond donors (Lipinski definition) is 2. The minimum Gasteiger partial charge on any atom is -0.388 e. The van der Waals surface area contributed by atoms with Gasteiger partial charge in [0.15, 0.2) is 0 Å². The summed E-state index contributed by atoms with van der Waals surface area (Å²) in [6.45, 7) is 5.63. The number of pyridine rings is 1. The zero-order chi connectivity index (χ0) is 13.0. The molecule has 0 bridgehead atoms. The van der Waals surface area contributed by atoms with Crippen LogP contribution in [-0.2, 0) is 0 Å². The summed E-state index contributed by atoms with van der Waals surface area (Å²) in [6.07, 6.45) is 4.38. The second-order valence-electron chi connectivity index (χ2n) is 4.77. The lowest BCUT2D eigenvalue weighted by Crippen LogP contribution is -2.35. The van der Waals surface area contributed by atoms with E-state index >= 15 is 0 Å². The molecule has 0 radical (unpaired) electrons. The van der Waals surface area contributed by atoms with Crippen molar-refractivity contribution in [1.29, 1.82) is 0 Å². The number of aromatic nitrogens is 1. The van der Waals surface area contributed by atoms with Gasteiger partial charge in [0, 0.05) is 24.5 Å². The molecule has 5 heteroatoms. The van der Waals surface area contributed by atoms with Crippen LogP contribution in [0.1, 0.15) is 25.5 Å². The molecule has 1 atom stereocenters. The zero-order valence-corrected chi connectivity index (χ0v) is 11.5. The van der Waals surface area contributed by atoms with Crippen molar-refractivity contribution in [2.75, 3.05) is 25.0 Å². The second-order valence-corrected chi connectivity index (χ2v) is 5.21. The Hall–Kier alpha value is -1.20. The van der Waals surface area contributed by atoms with Gasteiger partial charge in [-0.15, -0.1) is 0 Å². The first-order valence-electron chi connectivity index (χ1n) is 6.40. The maximum Gasteiger partial charge on any atom is 0.122 e. The fourth-order valence-electron chi connectivity index (χ4n) is 2.25. The van der Waals surface area contributed by atoms with Crippen LogP contribution in [0.15, 0.2) is 18.3 Å². The summed E-state index contributed by atoms with van der Waals surface area (Å²) in [5.41, 5.74) is 7.27. The number of rotatable bonds is 5. The number of likely N-dealkylation sites (tertiary alicyclic amines) is 1. The van der Waals surface area contributed by atoms with Gasteiger partial charge in [-0.25, -0.2) is 0 Å². The molecule has 2 rings (SSSR count). The molecule has 1 aliphatic heterocycles. The van der Waals surface area contributed by atoms with E-state index in [1.807, 2.05) is 12.1 Å². The molecule has 0 amide bonds. The molecule has 1 saturated heterocycles. The molecular weight excluding hydrogens is 244 g/mol. The standard InChI is InChI=1S/C13H20N4S/c1-10(17-6-2-3-7-17)9-16-11-4-5-15-12(8-11)13(14)18/h4-5,8,10H,2-3,6-7,9H2,1H3,(H2,14,18)(H,15,16). The summed E-state index contributed by atoms with van der Waals surface area (Å²) in [5, 5.41) is 3.42. The fourth-order valence-corrected chi connectivity index (χ4v) is 2.36. The predicted octanol–water partition coefficient (Wildman–Crippen LogP) is 1.61. The van der Waals surface area contributed by atoms with Crippen LogP contribution in [0.2, 0.25) is 0 Å². The maximum absolute atomic E-state index is 5.57. The Bertz CT molecular complexity index is 415. The maximum atomic E-state index is 5.57. The molecular formula is C13H20N4S. The van der Waals surface area contributed by atoms with Crippen molar-refractivity contribution in [2.24, 2.45) is 5.73 Å². The average molecular weight is 264 g/mol. The number of anilines is 1. The van der Waals surface area contributed by atoms with Gasteiger partial charge in [0.2, 0.25) is 0 Å². The molecule has 1 unspecified atom stereocenters.